The van der Waals surface area contributed by atoms with Crippen LogP contribution in [0.1, 0.15) is 16.8 Å². The maximum atomic E-state index is 5.52. The van der Waals surface area contributed by atoms with Crippen molar-refractivity contribution >= 4 is 17.2 Å². The van der Waals surface area contributed by atoms with Gasteiger partial charge in [0.25, 0.3) is 0 Å². The van der Waals surface area contributed by atoms with Gasteiger partial charge in [-0.3, -0.25) is 0 Å². The summed E-state index contributed by atoms with van der Waals surface area (Å²) in [4.78, 5) is 5.26. The van der Waals surface area contributed by atoms with Crippen LogP contribution in [0.15, 0.2) is 0 Å². The highest BCUT2D eigenvalue weighted by Gasteiger charge is 1.99. The van der Waals surface area contributed by atoms with Crippen LogP contribution in [0, 0.1) is 6.92 Å². The molecule has 0 aliphatic rings. The van der Waals surface area contributed by atoms with Gasteiger partial charge in [0.05, 0.1) is 5.01 Å². The molecule has 2 nitrogen and oxygen atoms in total. The number of aryl methyl sites for hydroxylation is 2. The Morgan fingerprint density at radius 2 is 2.33 bits per heavy atom. The third-order valence-electron chi connectivity index (χ3n) is 1.18. The van der Waals surface area contributed by atoms with E-state index in [4.69, 9.17) is 5.73 Å². The van der Waals surface area contributed by atoms with Crippen LogP contribution in [-0.2, 0) is 6.42 Å². The molecule has 1 aromatic heterocycles. The summed E-state index contributed by atoms with van der Waals surface area (Å²) in [5.74, 6) is 0.692. The minimum Gasteiger partial charge on any atom is -0.383 e. The zero-order valence-electron chi connectivity index (χ0n) is 5.64. The van der Waals surface area contributed by atoms with Crippen molar-refractivity contribution in [3.05, 3.63) is 9.88 Å². The van der Waals surface area contributed by atoms with E-state index in [0.29, 0.717) is 5.82 Å². The maximum absolute atomic E-state index is 5.52. The van der Waals surface area contributed by atoms with Gasteiger partial charge in [-0.1, -0.05) is 6.92 Å². The molecule has 9 heavy (non-hydrogen) atoms. The van der Waals surface area contributed by atoms with Gasteiger partial charge in [0.15, 0.2) is 0 Å². The lowest BCUT2D eigenvalue weighted by molar-refractivity contribution is 1.10. The molecule has 0 fully saturated rings. The molecule has 1 heterocycles. The quantitative estimate of drug-likeness (QED) is 0.646. The standard InChI is InChI=1S/C6H10N2S/c1-3-5-8-6(7)4(2)9-5/h3,7H2,1-2H3. The van der Waals surface area contributed by atoms with E-state index < -0.39 is 0 Å². The molecule has 50 valence electrons. The Bertz CT molecular complexity index is 185. The van der Waals surface area contributed by atoms with Crippen LogP contribution >= 0.6 is 11.3 Å². The van der Waals surface area contributed by atoms with E-state index in [9.17, 15) is 0 Å². The lowest BCUT2D eigenvalue weighted by Gasteiger charge is -1.80. The van der Waals surface area contributed by atoms with E-state index in [1.807, 2.05) is 6.92 Å². The van der Waals surface area contributed by atoms with Crippen LogP contribution in [0.2, 0.25) is 0 Å². The second-order valence-corrected chi connectivity index (χ2v) is 3.19. The molecule has 1 rings (SSSR count). The molecule has 0 saturated heterocycles. The van der Waals surface area contributed by atoms with Gasteiger partial charge in [-0.15, -0.1) is 11.3 Å². The molecule has 0 unspecified atom stereocenters. The molecule has 0 bridgehead atoms. The zero-order chi connectivity index (χ0) is 6.85. The van der Waals surface area contributed by atoms with Gasteiger partial charge >= 0.3 is 0 Å². The number of nitrogens with two attached hydrogens (primary N) is 1. The Morgan fingerprint density at radius 1 is 1.67 bits per heavy atom. The summed E-state index contributed by atoms with van der Waals surface area (Å²) in [6.45, 7) is 4.07. The number of hydrogen-bond acceptors (Lipinski definition) is 3. The molecule has 0 aromatic carbocycles. The second kappa shape index (κ2) is 2.35. The van der Waals surface area contributed by atoms with E-state index in [-0.39, 0.29) is 0 Å². The van der Waals surface area contributed by atoms with Crippen LogP contribution in [-0.4, -0.2) is 4.98 Å². The molecule has 0 radical (unpaired) electrons. The van der Waals surface area contributed by atoms with Crippen molar-refractivity contribution < 1.29 is 0 Å². The van der Waals surface area contributed by atoms with Crippen molar-refractivity contribution in [1.29, 1.82) is 0 Å². The lowest BCUT2D eigenvalue weighted by Crippen LogP contribution is -1.86. The van der Waals surface area contributed by atoms with Crippen molar-refractivity contribution in [3.8, 4) is 0 Å². The first-order valence-corrected chi connectivity index (χ1v) is 3.77. The Balaban J connectivity index is 2.98. The molecule has 0 spiro atoms. The second-order valence-electron chi connectivity index (χ2n) is 1.90. The largest absolute Gasteiger partial charge is 0.383 e. The number of rotatable bonds is 1. The summed E-state index contributed by atoms with van der Waals surface area (Å²) in [5, 5.41) is 1.13. The topological polar surface area (TPSA) is 38.9 Å². The van der Waals surface area contributed by atoms with Crippen molar-refractivity contribution in [1.82, 2.24) is 4.98 Å². The minimum atomic E-state index is 0.692. The SMILES string of the molecule is CCc1nc(N)c(C)s1. The van der Waals surface area contributed by atoms with Crippen LogP contribution in [0.5, 0.6) is 0 Å². The summed E-state index contributed by atoms with van der Waals surface area (Å²) in [6, 6.07) is 0. The predicted octanol–water partition coefficient (Wildman–Crippen LogP) is 1.60. The average Bonchev–Trinajstić information content (AvgIpc) is 2.13. The fraction of sp³-hybridized carbons (Fsp3) is 0.500. The molecular formula is C6H10N2S. The minimum absolute atomic E-state index is 0.692. The number of thiazole rings is 1. The average molecular weight is 142 g/mol. The Morgan fingerprint density at radius 3 is 2.56 bits per heavy atom. The third kappa shape index (κ3) is 1.21. The summed E-state index contributed by atoms with van der Waals surface area (Å²) in [6.07, 6.45) is 0.989. The summed E-state index contributed by atoms with van der Waals surface area (Å²) >= 11 is 1.68. The summed E-state index contributed by atoms with van der Waals surface area (Å²) < 4.78 is 0. The molecule has 2 N–H and O–H groups in total. The highest BCUT2D eigenvalue weighted by molar-refractivity contribution is 7.12. The van der Waals surface area contributed by atoms with Crippen molar-refractivity contribution in [2.75, 3.05) is 5.73 Å². The number of anilines is 1. The number of nitrogens with zero attached hydrogens (tertiary/aromatic N) is 1. The van der Waals surface area contributed by atoms with Gasteiger partial charge in [0.1, 0.15) is 5.82 Å². The molecule has 1 aromatic rings. The third-order valence-corrected chi connectivity index (χ3v) is 2.31. The van der Waals surface area contributed by atoms with E-state index >= 15 is 0 Å². The number of hydrogen-bond donors (Lipinski definition) is 1. The molecule has 0 atom stereocenters. The van der Waals surface area contributed by atoms with Gasteiger partial charge in [-0.2, -0.15) is 0 Å². The van der Waals surface area contributed by atoms with E-state index in [1.165, 1.54) is 0 Å². The molecule has 0 aliphatic heterocycles. The van der Waals surface area contributed by atoms with Crippen molar-refractivity contribution in [3.63, 3.8) is 0 Å². The molecular weight excluding hydrogens is 132 g/mol. The molecule has 0 amide bonds. The Kier molecular flexibility index (Phi) is 1.71. The van der Waals surface area contributed by atoms with Gasteiger partial charge < -0.3 is 5.73 Å². The van der Waals surface area contributed by atoms with Crippen molar-refractivity contribution in [2.24, 2.45) is 0 Å². The highest BCUT2D eigenvalue weighted by atomic mass is 32.1. The van der Waals surface area contributed by atoms with Gasteiger partial charge in [0, 0.05) is 4.88 Å². The Labute approximate surface area is 58.7 Å². The fourth-order valence-electron chi connectivity index (χ4n) is 0.616. The number of aromatic nitrogens is 1. The highest BCUT2D eigenvalue weighted by Crippen LogP contribution is 2.18. The van der Waals surface area contributed by atoms with Crippen LogP contribution in [0.3, 0.4) is 0 Å². The smallest absolute Gasteiger partial charge is 0.137 e. The summed E-state index contributed by atoms with van der Waals surface area (Å²) in [5.41, 5.74) is 5.52. The normalized spacial score (nSPS) is 10.0. The van der Waals surface area contributed by atoms with Crippen LogP contribution < -0.4 is 5.73 Å². The molecule has 0 saturated carbocycles. The Hall–Kier alpha value is -0.570. The first-order valence-electron chi connectivity index (χ1n) is 2.95. The summed E-state index contributed by atoms with van der Waals surface area (Å²) in [7, 11) is 0. The van der Waals surface area contributed by atoms with Gasteiger partial charge in [-0.25, -0.2) is 4.98 Å². The predicted molar refractivity (Wildman–Crippen MR) is 40.6 cm³/mol. The van der Waals surface area contributed by atoms with Crippen LogP contribution in [0.25, 0.3) is 0 Å². The van der Waals surface area contributed by atoms with Crippen molar-refractivity contribution in [2.45, 2.75) is 20.3 Å². The van der Waals surface area contributed by atoms with E-state index in [0.717, 1.165) is 16.3 Å². The monoisotopic (exact) mass is 142 g/mol. The van der Waals surface area contributed by atoms with Gasteiger partial charge in [0.2, 0.25) is 0 Å². The lowest BCUT2D eigenvalue weighted by atomic mass is 10.5. The van der Waals surface area contributed by atoms with Gasteiger partial charge in [-0.05, 0) is 13.3 Å². The zero-order valence-corrected chi connectivity index (χ0v) is 6.46. The fourth-order valence-corrected chi connectivity index (χ4v) is 1.41. The first kappa shape index (κ1) is 6.55. The molecule has 3 heteroatoms. The van der Waals surface area contributed by atoms with Crippen LogP contribution in [0.4, 0.5) is 5.82 Å². The number of nitrogen functional groups attached to an aromatic ring is 1. The maximum Gasteiger partial charge on any atom is 0.137 e. The van der Waals surface area contributed by atoms with E-state index in [2.05, 4.69) is 11.9 Å². The first-order chi connectivity index (χ1) is 4.24. The van der Waals surface area contributed by atoms with E-state index in [1.54, 1.807) is 11.3 Å². The molecule has 0 aliphatic carbocycles.